The minimum Gasteiger partial charge on any atom is -0.376 e. The van der Waals surface area contributed by atoms with E-state index in [0.717, 1.165) is 64.6 Å². The molecule has 2 saturated heterocycles. The Morgan fingerprint density at radius 1 is 1.18 bits per heavy atom. The maximum absolute atomic E-state index is 10.2. The number of rotatable bonds is 3. The lowest BCUT2D eigenvalue weighted by Gasteiger charge is -2.38. The standard InChI is InChI=1S/C24H25ClN8O/c1-31-10-17-18(30-31)5-4-15(20(17)25)16-11-32(12-34)22-19(16)21-27-6-7-33(21)23(29-22)24(26)8-13-2-3-14(9-24)28-13/h4-7,10-11,13-14,28,34H,2-3,8-9,12,26H2,1H3/t13-,14+,24?. The molecule has 0 aliphatic carbocycles. The number of imidazole rings is 1. The monoisotopic (exact) mass is 476 g/mol. The third kappa shape index (κ3) is 2.75. The molecular weight excluding hydrogens is 452 g/mol. The van der Waals surface area contributed by atoms with E-state index in [1.54, 1.807) is 15.4 Å². The number of halogens is 1. The highest BCUT2D eigenvalue weighted by molar-refractivity contribution is 6.38. The first-order valence-corrected chi connectivity index (χ1v) is 12.0. The van der Waals surface area contributed by atoms with Crippen LogP contribution < -0.4 is 11.1 Å². The topological polar surface area (TPSA) is 111 Å². The molecule has 4 aromatic heterocycles. The SMILES string of the molecule is Cn1cc2c(Cl)c(-c3cn(CO)c4nc(C5(N)C[C@H]6CC[C@@H](C5)N6)n5ccnc5c34)ccc2n1. The van der Waals surface area contributed by atoms with Crippen LogP contribution in [0.15, 0.2) is 36.9 Å². The molecule has 3 atom stereocenters. The number of benzene rings is 1. The molecular formula is C24H25ClN8O. The van der Waals surface area contributed by atoms with Gasteiger partial charge in [0.05, 0.1) is 21.5 Å². The van der Waals surface area contributed by atoms with Crippen LogP contribution >= 0.6 is 11.6 Å². The van der Waals surface area contributed by atoms with Gasteiger partial charge in [0, 0.05) is 60.4 Å². The van der Waals surface area contributed by atoms with Crippen molar-refractivity contribution in [1.29, 1.82) is 0 Å². The molecule has 2 aliphatic heterocycles. The van der Waals surface area contributed by atoms with Crippen LogP contribution in [0.5, 0.6) is 0 Å². The highest BCUT2D eigenvalue weighted by atomic mass is 35.5. The second-order valence-electron chi connectivity index (χ2n) is 9.77. The van der Waals surface area contributed by atoms with Gasteiger partial charge in [-0.25, -0.2) is 9.97 Å². The molecule has 4 N–H and O–H groups in total. The van der Waals surface area contributed by atoms with Crippen LogP contribution in [-0.4, -0.2) is 45.9 Å². The van der Waals surface area contributed by atoms with Crippen LogP contribution in [0.25, 0.3) is 38.7 Å². The number of aryl methyl sites for hydroxylation is 1. The van der Waals surface area contributed by atoms with Gasteiger partial charge in [-0.05, 0) is 31.7 Å². The van der Waals surface area contributed by atoms with Gasteiger partial charge in [-0.2, -0.15) is 5.10 Å². The summed E-state index contributed by atoms with van der Waals surface area (Å²) >= 11 is 6.88. The molecule has 0 amide bonds. The lowest BCUT2D eigenvalue weighted by atomic mass is 9.84. The van der Waals surface area contributed by atoms with Gasteiger partial charge in [0.25, 0.3) is 0 Å². The average molecular weight is 477 g/mol. The van der Waals surface area contributed by atoms with Crippen LogP contribution in [0.2, 0.25) is 5.02 Å². The summed E-state index contributed by atoms with van der Waals surface area (Å²) in [6.07, 6.45) is 11.5. The normalized spacial score (nSPS) is 24.7. The molecule has 7 rings (SSSR count). The van der Waals surface area contributed by atoms with Gasteiger partial charge >= 0.3 is 0 Å². The average Bonchev–Trinajstić information content (AvgIpc) is 3.58. The summed E-state index contributed by atoms with van der Waals surface area (Å²) in [5.74, 6) is 0.791. The Bertz CT molecular complexity index is 1590. The Kier molecular flexibility index (Phi) is 4.21. The van der Waals surface area contributed by atoms with Gasteiger partial charge in [0.2, 0.25) is 0 Å². The van der Waals surface area contributed by atoms with Gasteiger partial charge in [0.15, 0.2) is 0 Å². The predicted octanol–water partition coefficient (Wildman–Crippen LogP) is 2.91. The lowest BCUT2D eigenvalue weighted by molar-refractivity contribution is 0.214. The summed E-state index contributed by atoms with van der Waals surface area (Å²) in [6.45, 7) is -0.211. The highest BCUT2D eigenvalue weighted by Gasteiger charge is 2.44. The third-order valence-corrected chi connectivity index (χ3v) is 7.94. The van der Waals surface area contributed by atoms with E-state index in [-0.39, 0.29) is 6.73 Å². The van der Waals surface area contributed by atoms with Gasteiger partial charge in [0.1, 0.15) is 23.8 Å². The first kappa shape index (κ1) is 20.4. The van der Waals surface area contributed by atoms with Crippen LogP contribution in [0.3, 0.4) is 0 Å². The third-order valence-electron chi connectivity index (χ3n) is 7.54. The Balaban J connectivity index is 1.50. The fourth-order valence-corrected chi connectivity index (χ4v) is 6.43. The number of aliphatic hydroxyl groups is 1. The summed E-state index contributed by atoms with van der Waals surface area (Å²) < 4.78 is 5.52. The number of hydrogen-bond acceptors (Lipinski definition) is 6. The van der Waals surface area contributed by atoms with Crippen molar-refractivity contribution in [2.75, 3.05) is 0 Å². The molecule has 5 aromatic rings. The molecule has 0 radical (unpaired) electrons. The van der Waals surface area contributed by atoms with Crippen molar-refractivity contribution in [1.82, 2.24) is 34.0 Å². The second kappa shape index (κ2) is 7.02. The fraction of sp³-hybridized carbons (Fsp3) is 0.375. The van der Waals surface area contributed by atoms with Crippen LogP contribution in [-0.2, 0) is 19.3 Å². The van der Waals surface area contributed by atoms with Gasteiger partial charge in [-0.15, -0.1) is 0 Å². The minimum atomic E-state index is -0.568. The summed E-state index contributed by atoms with van der Waals surface area (Å²) in [5.41, 5.74) is 10.5. The number of nitrogens with two attached hydrogens (primary N) is 1. The number of aliphatic hydroxyl groups excluding tert-OH is 1. The number of nitrogens with zero attached hydrogens (tertiary/aromatic N) is 6. The summed E-state index contributed by atoms with van der Waals surface area (Å²) in [6, 6.07) is 4.74. The summed E-state index contributed by atoms with van der Waals surface area (Å²) in [4.78, 5) is 9.81. The minimum absolute atomic E-state index is 0.211. The van der Waals surface area contributed by atoms with E-state index >= 15 is 0 Å². The highest BCUT2D eigenvalue weighted by Crippen LogP contribution is 2.42. The molecule has 0 spiro atoms. The van der Waals surface area contributed by atoms with Crippen LogP contribution in [0.1, 0.15) is 31.5 Å². The lowest BCUT2D eigenvalue weighted by Crippen LogP contribution is -2.53. The van der Waals surface area contributed by atoms with Gasteiger partial charge in [-0.3, -0.25) is 9.08 Å². The Morgan fingerprint density at radius 3 is 2.74 bits per heavy atom. The number of hydrogen-bond donors (Lipinski definition) is 3. The van der Waals surface area contributed by atoms with E-state index in [9.17, 15) is 5.11 Å². The van der Waals surface area contributed by atoms with Crippen molar-refractivity contribution < 1.29 is 5.11 Å². The first-order chi connectivity index (χ1) is 16.4. The largest absolute Gasteiger partial charge is 0.376 e. The molecule has 34 heavy (non-hydrogen) atoms. The maximum atomic E-state index is 10.2. The zero-order valence-corrected chi connectivity index (χ0v) is 19.5. The van der Waals surface area contributed by atoms with Crippen LogP contribution in [0, 0.1) is 0 Å². The van der Waals surface area contributed by atoms with Crippen molar-refractivity contribution in [3.8, 4) is 11.1 Å². The van der Waals surface area contributed by atoms with Crippen molar-refractivity contribution in [2.45, 2.75) is 50.0 Å². The molecule has 2 aliphatic rings. The maximum Gasteiger partial charge on any atom is 0.149 e. The number of aromatic nitrogens is 6. The van der Waals surface area contributed by atoms with E-state index in [1.807, 2.05) is 42.2 Å². The summed E-state index contributed by atoms with van der Waals surface area (Å²) in [7, 11) is 1.88. The predicted molar refractivity (Wildman–Crippen MR) is 130 cm³/mol. The molecule has 2 fully saturated rings. The van der Waals surface area contributed by atoms with E-state index < -0.39 is 5.54 Å². The van der Waals surface area contributed by atoms with Crippen molar-refractivity contribution in [2.24, 2.45) is 12.8 Å². The van der Waals surface area contributed by atoms with E-state index in [2.05, 4.69) is 10.4 Å². The first-order valence-electron chi connectivity index (χ1n) is 11.6. The zero-order chi connectivity index (χ0) is 23.2. The fourth-order valence-electron chi connectivity index (χ4n) is 6.12. The Hall–Kier alpha value is -2.98. The van der Waals surface area contributed by atoms with Crippen molar-refractivity contribution in [3.05, 3.63) is 47.8 Å². The van der Waals surface area contributed by atoms with Crippen molar-refractivity contribution >= 4 is 39.2 Å². The second-order valence-corrected chi connectivity index (χ2v) is 10.2. The van der Waals surface area contributed by atoms with E-state index in [1.165, 1.54) is 0 Å². The zero-order valence-electron chi connectivity index (χ0n) is 18.7. The van der Waals surface area contributed by atoms with Gasteiger partial charge < -0.3 is 20.7 Å². The molecule has 174 valence electrons. The Morgan fingerprint density at radius 2 is 1.97 bits per heavy atom. The van der Waals surface area contributed by atoms with E-state index in [0.29, 0.717) is 22.8 Å². The van der Waals surface area contributed by atoms with Crippen molar-refractivity contribution in [3.63, 3.8) is 0 Å². The molecule has 10 heteroatoms. The number of piperidine rings is 1. The quantitative estimate of drug-likeness (QED) is 0.369. The van der Waals surface area contributed by atoms with E-state index in [4.69, 9.17) is 27.3 Å². The Labute approximate surface area is 200 Å². The number of fused-ring (bicyclic) bond motifs is 6. The molecule has 1 aromatic carbocycles. The molecule has 0 saturated carbocycles. The molecule has 1 unspecified atom stereocenters. The molecule has 6 heterocycles. The summed E-state index contributed by atoms with van der Waals surface area (Å²) in [5, 5.41) is 20.7. The van der Waals surface area contributed by atoms with Gasteiger partial charge in [-0.1, -0.05) is 17.7 Å². The molecule has 9 nitrogen and oxygen atoms in total. The van der Waals surface area contributed by atoms with Crippen LogP contribution in [0.4, 0.5) is 0 Å². The molecule has 2 bridgehead atoms. The number of nitrogens with one attached hydrogen (secondary N) is 1. The smallest absolute Gasteiger partial charge is 0.149 e.